The number of aryl methyl sites for hydroxylation is 1. The van der Waals surface area contributed by atoms with Crippen molar-refractivity contribution < 1.29 is 9.90 Å². The molecule has 0 saturated heterocycles. The maximum atomic E-state index is 12.3. The smallest absolute Gasteiger partial charge is 0.332 e. The first-order valence-corrected chi connectivity index (χ1v) is 6.61. The fourth-order valence-electron chi connectivity index (χ4n) is 2.32. The van der Waals surface area contributed by atoms with Gasteiger partial charge in [0.25, 0.3) is 5.56 Å². The Morgan fingerprint density at radius 3 is 2.38 bits per heavy atom. The molecule has 21 heavy (non-hydrogen) atoms. The topological polar surface area (TPSA) is 99.1 Å². The lowest BCUT2D eigenvalue weighted by atomic mass is 10.2. The van der Waals surface area contributed by atoms with E-state index in [-0.39, 0.29) is 29.3 Å². The fraction of sp³-hybridized carbons (Fsp3) is 0.538. The second-order valence-electron chi connectivity index (χ2n) is 5.48. The van der Waals surface area contributed by atoms with Crippen molar-refractivity contribution in [1.29, 1.82) is 0 Å². The van der Waals surface area contributed by atoms with Gasteiger partial charge >= 0.3 is 11.7 Å². The lowest BCUT2D eigenvalue weighted by Gasteiger charge is -2.11. The highest BCUT2D eigenvalue weighted by atomic mass is 16.4. The average molecular weight is 294 g/mol. The van der Waals surface area contributed by atoms with E-state index in [0.29, 0.717) is 6.54 Å². The van der Waals surface area contributed by atoms with Crippen LogP contribution in [0.15, 0.2) is 9.59 Å². The lowest BCUT2D eigenvalue weighted by molar-refractivity contribution is -0.136. The highest BCUT2D eigenvalue weighted by molar-refractivity contribution is 5.74. The summed E-state index contributed by atoms with van der Waals surface area (Å²) in [7, 11) is 2.91. The van der Waals surface area contributed by atoms with Crippen LogP contribution in [0.1, 0.15) is 19.7 Å². The van der Waals surface area contributed by atoms with Crippen molar-refractivity contribution >= 4 is 17.1 Å². The molecule has 8 nitrogen and oxygen atoms in total. The van der Waals surface area contributed by atoms with Gasteiger partial charge in [0.2, 0.25) is 0 Å². The molecule has 2 heterocycles. The number of rotatable bonds is 4. The standard InChI is InChI=1S/C13H18N4O4/c1-7(2)6-17-8(5-9(18)19)14-11-10(17)12(20)16(4)13(21)15(11)3/h7H,5-6H2,1-4H3,(H,18,19). The second-order valence-corrected chi connectivity index (χ2v) is 5.48. The predicted octanol–water partition coefficient (Wildman–Crippen LogP) is -0.283. The molecule has 0 aliphatic heterocycles. The number of hydrogen-bond acceptors (Lipinski definition) is 4. The summed E-state index contributed by atoms with van der Waals surface area (Å²) >= 11 is 0. The minimum absolute atomic E-state index is 0.205. The zero-order chi connectivity index (χ0) is 15.9. The summed E-state index contributed by atoms with van der Waals surface area (Å²) in [4.78, 5) is 39.5. The van der Waals surface area contributed by atoms with E-state index in [1.165, 1.54) is 18.7 Å². The van der Waals surface area contributed by atoms with Gasteiger partial charge in [-0.05, 0) is 5.92 Å². The van der Waals surface area contributed by atoms with E-state index in [0.717, 1.165) is 4.57 Å². The number of imidazole rings is 1. The Morgan fingerprint density at radius 2 is 1.86 bits per heavy atom. The first-order chi connectivity index (χ1) is 9.73. The summed E-state index contributed by atoms with van der Waals surface area (Å²) in [6.45, 7) is 4.39. The van der Waals surface area contributed by atoms with Crippen molar-refractivity contribution in [3.05, 3.63) is 26.7 Å². The van der Waals surface area contributed by atoms with Crippen LogP contribution in [0.5, 0.6) is 0 Å². The molecule has 0 aromatic carbocycles. The molecule has 0 aliphatic rings. The molecule has 2 aromatic heterocycles. The third kappa shape index (κ3) is 2.48. The third-order valence-corrected chi connectivity index (χ3v) is 3.28. The molecule has 2 aromatic rings. The summed E-state index contributed by atoms with van der Waals surface area (Å²) in [5.74, 6) is -0.543. The van der Waals surface area contributed by atoms with Gasteiger partial charge in [0, 0.05) is 20.6 Å². The molecule has 0 saturated carbocycles. The Kier molecular flexibility index (Phi) is 3.71. The molecule has 0 aliphatic carbocycles. The van der Waals surface area contributed by atoms with Crippen molar-refractivity contribution in [2.75, 3.05) is 0 Å². The Morgan fingerprint density at radius 1 is 1.24 bits per heavy atom. The van der Waals surface area contributed by atoms with Gasteiger partial charge < -0.3 is 9.67 Å². The molecule has 2 rings (SSSR count). The SMILES string of the molecule is CC(C)Cn1c(CC(=O)O)nc2c1c(=O)n(C)c(=O)n2C. The fourth-order valence-corrected chi connectivity index (χ4v) is 2.32. The third-order valence-electron chi connectivity index (χ3n) is 3.28. The van der Waals surface area contributed by atoms with Crippen LogP contribution in [0, 0.1) is 5.92 Å². The van der Waals surface area contributed by atoms with Gasteiger partial charge in [-0.15, -0.1) is 0 Å². The molecule has 0 amide bonds. The summed E-state index contributed by atoms with van der Waals surface area (Å²) in [5, 5.41) is 8.99. The van der Waals surface area contributed by atoms with Crippen LogP contribution in [-0.4, -0.2) is 29.8 Å². The highest BCUT2D eigenvalue weighted by Crippen LogP contribution is 2.14. The first-order valence-electron chi connectivity index (χ1n) is 6.61. The highest BCUT2D eigenvalue weighted by Gasteiger charge is 2.20. The van der Waals surface area contributed by atoms with Crippen LogP contribution < -0.4 is 11.2 Å². The van der Waals surface area contributed by atoms with E-state index in [2.05, 4.69) is 4.98 Å². The van der Waals surface area contributed by atoms with Gasteiger partial charge in [0.15, 0.2) is 11.2 Å². The van der Waals surface area contributed by atoms with E-state index in [4.69, 9.17) is 5.11 Å². The van der Waals surface area contributed by atoms with Crippen LogP contribution in [0.25, 0.3) is 11.2 Å². The summed E-state index contributed by atoms with van der Waals surface area (Å²) in [6.07, 6.45) is -0.293. The number of carboxylic acid groups (broad SMARTS) is 1. The van der Waals surface area contributed by atoms with Gasteiger partial charge in [0.1, 0.15) is 12.2 Å². The summed E-state index contributed by atoms with van der Waals surface area (Å²) in [5.41, 5.74) is -0.453. The molecular formula is C13H18N4O4. The molecule has 0 bridgehead atoms. The Labute approximate surface area is 120 Å². The van der Waals surface area contributed by atoms with Crippen LogP contribution in [0.3, 0.4) is 0 Å². The molecule has 0 fully saturated rings. The maximum Gasteiger partial charge on any atom is 0.332 e. The van der Waals surface area contributed by atoms with Gasteiger partial charge in [-0.2, -0.15) is 0 Å². The predicted molar refractivity (Wildman–Crippen MR) is 76.4 cm³/mol. The summed E-state index contributed by atoms with van der Waals surface area (Å²) in [6, 6.07) is 0. The van der Waals surface area contributed by atoms with Gasteiger partial charge in [-0.3, -0.25) is 18.7 Å². The number of hydrogen-bond donors (Lipinski definition) is 1. The van der Waals surface area contributed by atoms with E-state index in [1.807, 2.05) is 13.8 Å². The van der Waals surface area contributed by atoms with E-state index in [9.17, 15) is 14.4 Å². The Hall–Kier alpha value is -2.38. The van der Waals surface area contributed by atoms with Crippen LogP contribution in [0.2, 0.25) is 0 Å². The van der Waals surface area contributed by atoms with Crippen molar-refractivity contribution in [2.45, 2.75) is 26.8 Å². The monoisotopic (exact) mass is 294 g/mol. The Bertz CT molecular complexity index is 825. The quantitative estimate of drug-likeness (QED) is 0.836. The van der Waals surface area contributed by atoms with Crippen molar-refractivity contribution in [3.8, 4) is 0 Å². The summed E-state index contributed by atoms with van der Waals surface area (Å²) < 4.78 is 3.88. The number of carbonyl (C=O) groups is 1. The molecule has 0 radical (unpaired) electrons. The minimum Gasteiger partial charge on any atom is -0.481 e. The Balaban J connectivity index is 2.90. The van der Waals surface area contributed by atoms with E-state index >= 15 is 0 Å². The molecule has 8 heteroatoms. The minimum atomic E-state index is -1.03. The lowest BCUT2D eigenvalue weighted by Crippen LogP contribution is -2.37. The number of nitrogens with zero attached hydrogens (tertiary/aromatic N) is 4. The molecule has 0 atom stereocenters. The number of aromatic nitrogens is 4. The van der Waals surface area contributed by atoms with Crippen molar-refractivity contribution in [3.63, 3.8) is 0 Å². The number of aliphatic carboxylic acids is 1. The average Bonchev–Trinajstić information content (AvgIpc) is 2.71. The molecule has 1 N–H and O–H groups in total. The largest absolute Gasteiger partial charge is 0.481 e. The zero-order valence-electron chi connectivity index (χ0n) is 12.5. The van der Waals surface area contributed by atoms with Crippen LogP contribution in [-0.2, 0) is 31.9 Å². The normalized spacial score (nSPS) is 11.5. The number of carboxylic acids is 1. The first kappa shape index (κ1) is 15.0. The van der Waals surface area contributed by atoms with Gasteiger partial charge in [-0.1, -0.05) is 13.8 Å². The molecular weight excluding hydrogens is 276 g/mol. The zero-order valence-corrected chi connectivity index (χ0v) is 12.5. The molecule has 114 valence electrons. The second kappa shape index (κ2) is 5.19. The van der Waals surface area contributed by atoms with Gasteiger partial charge in [-0.25, -0.2) is 9.78 Å². The van der Waals surface area contributed by atoms with Crippen molar-refractivity contribution in [1.82, 2.24) is 18.7 Å². The van der Waals surface area contributed by atoms with Crippen molar-refractivity contribution in [2.24, 2.45) is 20.0 Å². The van der Waals surface area contributed by atoms with Crippen LogP contribution >= 0.6 is 0 Å². The van der Waals surface area contributed by atoms with Crippen LogP contribution in [0.4, 0.5) is 0 Å². The number of fused-ring (bicyclic) bond motifs is 1. The van der Waals surface area contributed by atoms with E-state index < -0.39 is 17.2 Å². The molecule has 0 unspecified atom stereocenters. The molecule has 0 spiro atoms. The maximum absolute atomic E-state index is 12.3. The van der Waals surface area contributed by atoms with E-state index in [1.54, 1.807) is 4.57 Å². The van der Waals surface area contributed by atoms with Gasteiger partial charge in [0.05, 0.1) is 0 Å².